The van der Waals surface area contributed by atoms with Gasteiger partial charge >= 0.3 is 0 Å². The fourth-order valence-electron chi connectivity index (χ4n) is 2.58. The monoisotopic (exact) mass is 358 g/mol. The third kappa shape index (κ3) is 3.91. The quantitative estimate of drug-likeness (QED) is 0.540. The number of hydrogen-bond acceptors (Lipinski definition) is 6. The molecule has 0 amide bonds. The molecule has 2 aromatic carbocycles. The third-order valence-corrected chi connectivity index (χ3v) is 3.91. The summed E-state index contributed by atoms with van der Waals surface area (Å²) in [5, 5.41) is 30.3. The Bertz CT molecular complexity index is 863. The third-order valence-electron chi connectivity index (χ3n) is 3.91. The van der Waals surface area contributed by atoms with E-state index in [1.807, 2.05) is 19.9 Å². The number of carbonyl (C=O) groups excluding carboxylic acids is 1. The van der Waals surface area contributed by atoms with Crippen LogP contribution >= 0.6 is 0 Å². The molecule has 0 aromatic heterocycles. The smallest absolute Gasteiger partial charge is 0.201 e. The number of rotatable bonds is 6. The highest BCUT2D eigenvalue weighted by Crippen LogP contribution is 2.37. The molecule has 0 unspecified atom stereocenters. The Labute approximate surface area is 151 Å². The van der Waals surface area contributed by atoms with E-state index < -0.39 is 5.78 Å². The minimum absolute atomic E-state index is 0.0725. The second-order valence-corrected chi connectivity index (χ2v) is 6.03. The predicted octanol–water partition coefficient (Wildman–Crippen LogP) is 3.56. The van der Waals surface area contributed by atoms with Crippen LogP contribution in [0.25, 0.3) is 0 Å². The van der Waals surface area contributed by atoms with Crippen molar-refractivity contribution in [3.63, 3.8) is 0 Å². The van der Waals surface area contributed by atoms with Crippen LogP contribution in [-0.2, 0) is 6.42 Å². The van der Waals surface area contributed by atoms with Crippen molar-refractivity contribution in [2.45, 2.75) is 20.3 Å². The van der Waals surface area contributed by atoms with Crippen molar-refractivity contribution in [1.82, 2.24) is 0 Å². The van der Waals surface area contributed by atoms with Crippen molar-refractivity contribution in [1.29, 1.82) is 0 Å². The van der Waals surface area contributed by atoms with Gasteiger partial charge in [-0.15, -0.1) is 0 Å². The zero-order valence-corrected chi connectivity index (χ0v) is 15.2. The van der Waals surface area contributed by atoms with Crippen LogP contribution in [0.2, 0.25) is 0 Å². The number of carbonyl (C=O) groups is 1. The molecule has 0 saturated heterocycles. The van der Waals surface area contributed by atoms with Crippen molar-refractivity contribution < 1.29 is 29.6 Å². The SMILES string of the molecule is COc1cc(O)c(C(=O)c2cc(O)cc(O)c2CC=C(C)C)c(OC)c1. The molecule has 0 heterocycles. The molecule has 3 N–H and O–H groups in total. The molecule has 0 saturated carbocycles. The normalized spacial score (nSPS) is 10.3. The molecule has 0 aliphatic heterocycles. The Morgan fingerprint density at radius 3 is 2.27 bits per heavy atom. The van der Waals surface area contributed by atoms with E-state index in [4.69, 9.17) is 9.47 Å². The lowest BCUT2D eigenvalue weighted by atomic mass is 9.93. The van der Waals surface area contributed by atoms with Crippen molar-refractivity contribution >= 4 is 5.78 Å². The Morgan fingerprint density at radius 1 is 1.00 bits per heavy atom. The lowest BCUT2D eigenvalue weighted by molar-refractivity contribution is 0.103. The number of phenolic OH excluding ortho intramolecular Hbond substituents is 3. The highest BCUT2D eigenvalue weighted by molar-refractivity contribution is 6.14. The van der Waals surface area contributed by atoms with E-state index in [2.05, 4.69) is 0 Å². The van der Waals surface area contributed by atoms with Crippen molar-refractivity contribution in [3.8, 4) is 28.7 Å². The lowest BCUT2D eigenvalue weighted by Gasteiger charge is -2.15. The maximum atomic E-state index is 13.1. The van der Waals surface area contributed by atoms with E-state index in [1.54, 1.807) is 0 Å². The van der Waals surface area contributed by atoms with E-state index in [0.29, 0.717) is 17.7 Å². The van der Waals surface area contributed by atoms with Crippen LogP contribution < -0.4 is 9.47 Å². The summed E-state index contributed by atoms with van der Waals surface area (Å²) in [6.45, 7) is 3.80. The van der Waals surface area contributed by atoms with E-state index in [-0.39, 0.29) is 34.1 Å². The van der Waals surface area contributed by atoms with Crippen LogP contribution in [0.15, 0.2) is 35.9 Å². The van der Waals surface area contributed by atoms with E-state index in [9.17, 15) is 20.1 Å². The number of ether oxygens (including phenoxy) is 2. The molecular formula is C20H22O6. The van der Waals surface area contributed by atoms with Gasteiger partial charge in [0.15, 0.2) is 0 Å². The summed E-state index contributed by atoms with van der Waals surface area (Å²) in [6.07, 6.45) is 2.16. The minimum Gasteiger partial charge on any atom is -0.508 e. The average Bonchev–Trinajstić information content (AvgIpc) is 2.58. The zero-order chi connectivity index (χ0) is 19.4. The van der Waals surface area contributed by atoms with Gasteiger partial charge in [0.1, 0.15) is 34.3 Å². The van der Waals surface area contributed by atoms with Crippen LogP contribution in [0, 0.1) is 0 Å². The summed E-state index contributed by atoms with van der Waals surface area (Å²) < 4.78 is 10.3. The van der Waals surface area contributed by atoms with Gasteiger partial charge in [-0.25, -0.2) is 0 Å². The largest absolute Gasteiger partial charge is 0.508 e. The number of ketones is 1. The molecule has 6 heteroatoms. The summed E-state index contributed by atoms with van der Waals surface area (Å²) in [7, 11) is 2.80. The Morgan fingerprint density at radius 2 is 1.69 bits per heavy atom. The number of allylic oxidation sites excluding steroid dienone is 2. The Hall–Kier alpha value is -3.15. The fourth-order valence-corrected chi connectivity index (χ4v) is 2.58. The number of benzene rings is 2. The summed E-state index contributed by atoms with van der Waals surface area (Å²) in [6, 6.07) is 5.22. The molecule has 6 nitrogen and oxygen atoms in total. The molecule has 0 radical (unpaired) electrons. The Balaban J connectivity index is 2.65. The minimum atomic E-state index is -0.578. The van der Waals surface area contributed by atoms with Gasteiger partial charge in [-0.05, 0) is 26.3 Å². The molecule has 0 bridgehead atoms. The first-order chi connectivity index (χ1) is 12.3. The molecule has 0 aliphatic rings. The van der Waals surface area contributed by atoms with Crippen LogP contribution in [-0.4, -0.2) is 35.3 Å². The first-order valence-corrected chi connectivity index (χ1v) is 7.96. The van der Waals surface area contributed by atoms with Crippen molar-refractivity contribution in [2.24, 2.45) is 0 Å². The van der Waals surface area contributed by atoms with Gasteiger partial charge in [0.05, 0.1) is 14.2 Å². The number of hydrogen-bond donors (Lipinski definition) is 3. The molecule has 2 rings (SSSR count). The average molecular weight is 358 g/mol. The summed E-state index contributed by atoms with van der Waals surface area (Å²) in [5.41, 5.74) is 1.38. The molecule has 0 fully saturated rings. The van der Waals surface area contributed by atoms with Gasteiger partial charge in [0.25, 0.3) is 0 Å². The molecule has 0 atom stereocenters. The second kappa shape index (κ2) is 7.82. The molecule has 26 heavy (non-hydrogen) atoms. The zero-order valence-electron chi connectivity index (χ0n) is 15.2. The topological polar surface area (TPSA) is 96.2 Å². The van der Waals surface area contributed by atoms with E-state index >= 15 is 0 Å². The molecule has 2 aromatic rings. The fraction of sp³-hybridized carbons (Fsp3) is 0.250. The van der Waals surface area contributed by atoms with E-state index in [0.717, 1.165) is 5.57 Å². The first-order valence-electron chi connectivity index (χ1n) is 7.96. The van der Waals surface area contributed by atoms with Gasteiger partial charge in [-0.3, -0.25) is 4.79 Å². The van der Waals surface area contributed by atoms with Gasteiger partial charge in [-0.2, -0.15) is 0 Å². The number of aromatic hydroxyl groups is 3. The molecule has 0 spiro atoms. The maximum absolute atomic E-state index is 13.1. The maximum Gasteiger partial charge on any atom is 0.201 e. The van der Waals surface area contributed by atoms with Crippen molar-refractivity contribution in [3.05, 3.63) is 52.6 Å². The van der Waals surface area contributed by atoms with Gasteiger partial charge in [0.2, 0.25) is 5.78 Å². The molecule has 138 valence electrons. The van der Waals surface area contributed by atoms with E-state index in [1.165, 1.54) is 38.5 Å². The van der Waals surface area contributed by atoms with Crippen molar-refractivity contribution in [2.75, 3.05) is 14.2 Å². The predicted molar refractivity (Wildman–Crippen MR) is 97.5 cm³/mol. The van der Waals surface area contributed by atoms with Crippen LogP contribution in [0.4, 0.5) is 0 Å². The summed E-state index contributed by atoms with van der Waals surface area (Å²) in [5.74, 6) is -0.883. The summed E-state index contributed by atoms with van der Waals surface area (Å²) >= 11 is 0. The van der Waals surface area contributed by atoms with Gasteiger partial charge in [-0.1, -0.05) is 11.6 Å². The Kier molecular flexibility index (Phi) is 5.77. The number of phenols is 3. The molecular weight excluding hydrogens is 336 g/mol. The molecule has 0 aliphatic carbocycles. The van der Waals surface area contributed by atoms with Crippen LogP contribution in [0.1, 0.15) is 35.3 Å². The van der Waals surface area contributed by atoms with Crippen LogP contribution in [0.3, 0.4) is 0 Å². The van der Waals surface area contributed by atoms with Gasteiger partial charge in [0, 0.05) is 29.3 Å². The number of methoxy groups -OCH3 is 2. The van der Waals surface area contributed by atoms with Crippen LogP contribution in [0.5, 0.6) is 28.7 Å². The standard InChI is InChI=1S/C20H22O6/c1-11(2)5-6-14-15(7-12(21)8-16(14)22)20(24)19-17(23)9-13(25-3)10-18(19)26-4/h5,7-10,21-23H,6H2,1-4H3. The lowest BCUT2D eigenvalue weighted by Crippen LogP contribution is -2.08. The summed E-state index contributed by atoms with van der Waals surface area (Å²) in [4.78, 5) is 13.1. The van der Waals surface area contributed by atoms with Gasteiger partial charge < -0.3 is 24.8 Å². The highest BCUT2D eigenvalue weighted by atomic mass is 16.5. The highest BCUT2D eigenvalue weighted by Gasteiger charge is 2.24. The first kappa shape index (κ1) is 19.2. The second-order valence-electron chi connectivity index (χ2n) is 6.03.